The van der Waals surface area contributed by atoms with Gasteiger partial charge in [0.25, 0.3) is 0 Å². The third-order valence-electron chi connectivity index (χ3n) is 3.66. The van der Waals surface area contributed by atoms with Gasteiger partial charge in [0.1, 0.15) is 0 Å². The van der Waals surface area contributed by atoms with Crippen LogP contribution in [0.1, 0.15) is 46.6 Å². The molecule has 136 valence electrons. The zero-order valence-electron chi connectivity index (χ0n) is 15.2. The van der Waals surface area contributed by atoms with Crippen molar-refractivity contribution >= 4 is 29.9 Å². The first kappa shape index (κ1) is 22.4. The van der Waals surface area contributed by atoms with Crippen molar-refractivity contribution in [2.24, 2.45) is 11.7 Å². The van der Waals surface area contributed by atoms with E-state index in [9.17, 15) is 9.59 Å². The van der Waals surface area contributed by atoms with E-state index in [2.05, 4.69) is 5.32 Å². The van der Waals surface area contributed by atoms with Gasteiger partial charge in [0.15, 0.2) is 0 Å². The second-order valence-electron chi connectivity index (χ2n) is 6.66. The van der Waals surface area contributed by atoms with Crippen LogP contribution >= 0.6 is 12.4 Å². The van der Waals surface area contributed by atoms with Gasteiger partial charge in [0, 0.05) is 25.2 Å². The summed E-state index contributed by atoms with van der Waals surface area (Å²) in [6.45, 7) is 10.2. The Kier molecular flexibility index (Phi) is 9.63. The number of nitrogens with two attached hydrogens (primary N) is 1. The molecular weight excluding hydrogens is 326 g/mol. The predicted molar refractivity (Wildman–Crippen MR) is 101 cm³/mol. The summed E-state index contributed by atoms with van der Waals surface area (Å²) < 4.78 is 0. The molecule has 1 aromatic carbocycles. The van der Waals surface area contributed by atoms with Gasteiger partial charge in [-0.3, -0.25) is 9.59 Å². The topological polar surface area (TPSA) is 75.4 Å². The maximum atomic E-state index is 12.0. The third kappa shape index (κ3) is 7.32. The molecule has 6 heteroatoms. The van der Waals surface area contributed by atoms with Gasteiger partial charge in [-0.2, -0.15) is 0 Å². The lowest BCUT2D eigenvalue weighted by molar-refractivity contribution is -0.131. The van der Waals surface area contributed by atoms with Crippen molar-refractivity contribution in [3.63, 3.8) is 0 Å². The fourth-order valence-corrected chi connectivity index (χ4v) is 2.40. The van der Waals surface area contributed by atoms with Crippen LogP contribution in [0, 0.1) is 5.92 Å². The molecule has 0 saturated heterocycles. The van der Waals surface area contributed by atoms with Crippen LogP contribution < -0.4 is 11.1 Å². The van der Waals surface area contributed by atoms with E-state index >= 15 is 0 Å². The van der Waals surface area contributed by atoms with Gasteiger partial charge in [-0.15, -0.1) is 12.4 Å². The van der Waals surface area contributed by atoms with Crippen molar-refractivity contribution < 1.29 is 9.59 Å². The van der Waals surface area contributed by atoms with E-state index in [0.717, 1.165) is 11.3 Å². The Morgan fingerprint density at radius 3 is 2.08 bits per heavy atom. The number of halogens is 1. The van der Waals surface area contributed by atoms with Crippen LogP contribution in [0.3, 0.4) is 0 Å². The Labute approximate surface area is 151 Å². The Morgan fingerprint density at radius 1 is 1.12 bits per heavy atom. The number of benzene rings is 1. The summed E-state index contributed by atoms with van der Waals surface area (Å²) in [6.07, 6.45) is 0.659. The molecule has 0 bridgehead atoms. The lowest BCUT2D eigenvalue weighted by Crippen LogP contribution is -2.36. The van der Waals surface area contributed by atoms with Gasteiger partial charge in [-0.1, -0.05) is 26.0 Å². The Bertz CT molecular complexity index is 530. The van der Waals surface area contributed by atoms with Crippen molar-refractivity contribution in [2.75, 3.05) is 5.32 Å². The number of nitrogens with one attached hydrogen (secondary N) is 1. The summed E-state index contributed by atoms with van der Waals surface area (Å²) in [4.78, 5) is 25.4. The van der Waals surface area contributed by atoms with E-state index in [0.29, 0.717) is 18.9 Å². The van der Waals surface area contributed by atoms with Gasteiger partial charge in [0.2, 0.25) is 11.8 Å². The van der Waals surface area contributed by atoms with Crippen LogP contribution in [0.25, 0.3) is 0 Å². The molecule has 1 atom stereocenters. The highest BCUT2D eigenvalue weighted by molar-refractivity contribution is 5.94. The minimum atomic E-state index is -0.496. The molecule has 0 aliphatic rings. The number of hydrogen-bond acceptors (Lipinski definition) is 3. The Morgan fingerprint density at radius 2 is 1.67 bits per heavy atom. The van der Waals surface area contributed by atoms with Crippen molar-refractivity contribution in [1.82, 2.24) is 4.90 Å². The number of carbonyl (C=O) groups excluding carboxylic acids is 2. The first-order valence-corrected chi connectivity index (χ1v) is 8.13. The quantitative estimate of drug-likeness (QED) is 0.788. The molecular formula is C18H30ClN3O2. The standard InChI is InChI=1S/C18H29N3O2.ClH/c1-12(2)10-17(19)18(23)20-16-8-6-15(7-9-16)11-21(13(3)4)14(5)22;/h6-9,12-13,17H,10-11,19H2,1-5H3,(H,20,23);1H/t17-;/m0./s1. The SMILES string of the molecule is CC(=O)N(Cc1ccc(NC(=O)[C@@H](N)CC(C)C)cc1)C(C)C.Cl. The minimum Gasteiger partial charge on any atom is -0.336 e. The van der Waals surface area contributed by atoms with Gasteiger partial charge in [-0.05, 0) is 43.9 Å². The van der Waals surface area contributed by atoms with Gasteiger partial charge in [-0.25, -0.2) is 0 Å². The average molecular weight is 356 g/mol. The monoisotopic (exact) mass is 355 g/mol. The second-order valence-corrected chi connectivity index (χ2v) is 6.66. The molecule has 24 heavy (non-hydrogen) atoms. The molecule has 0 spiro atoms. The number of hydrogen-bond donors (Lipinski definition) is 2. The van der Waals surface area contributed by atoms with Crippen molar-refractivity contribution in [1.29, 1.82) is 0 Å². The average Bonchev–Trinajstić information content (AvgIpc) is 2.44. The zero-order chi connectivity index (χ0) is 17.6. The molecule has 0 saturated carbocycles. The van der Waals surface area contributed by atoms with E-state index in [1.165, 1.54) is 0 Å². The van der Waals surface area contributed by atoms with E-state index in [-0.39, 0.29) is 30.3 Å². The second kappa shape index (κ2) is 10.3. The molecule has 0 aliphatic heterocycles. The molecule has 0 radical (unpaired) electrons. The highest BCUT2D eigenvalue weighted by Gasteiger charge is 2.16. The molecule has 0 fully saturated rings. The minimum absolute atomic E-state index is 0. The van der Waals surface area contributed by atoms with E-state index in [1.807, 2.05) is 52.0 Å². The molecule has 3 N–H and O–H groups in total. The van der Waals surface area contributed by atoms with Gasteiger partial charge >= 0.3 is 0 Å². The third-order valence-corrected chi connectivity index (χ3v) is 3.66. The summed E-state index contributed by atoms with van der Waals surface area (Å²) in [6, 6.07) is 7.18. The van der Waals surface area contributed by atoms with E-state index in [1.54, 1.807) is 11.8 Å². The van der Waals surface area contributed by atoms with Crippen LogP contribution in [0.15, 0.2) is 24.3 Å². The van der Waals surface area contributed by atoms with Crippen molar-refractivity contribution in [3.05, 3.63) is 29.8 Å². The molecule has 0 aliphatic carbocycles. The van der Waals surface area contributed by atoms with Crippen molar-refractivity contribution in [2.45, 2.75) is 59.7 Å². The number of anilines is 1. The summed E-state index contributed by atoms with van der Waals surface area (Å²) in [5.41, 5.74) is 7.62. The first-order chi connectivity index (χ1) is 10.7. The van der Waals surface area contributed by atoms with Gasteiger partial charge in [0.05, 0.1) is 6.04 Å². The maximum Gasteiger partial charge on any atom is 0.241 e. The van der Waals surface area contributed by atoms with Gasteiger partial charge < -0.3 is 16.0 Å². The Balaban J connectivity index is 0.00000529. The van der Waals surface area contributed by atoms with Crippen LogP contribution in [-0.2, 0) is 16.1 Å². The summed E-state index contributed by atoms with van der Waals surface area (Å²) in [5, 5.41) is 2.83. The lowest BCUT2D eigenvalue weighted by atomic mass is 10.0. The van der Waals surface area contributed by atoms with Crippen LogP contribution in [0.4, 0.5) is 5.69 Å². The van der Waals surface area contributed by atoms with Crippen molar-refractivity contribution in [3.8, 4) is 0 Å². The number of nitrogens with zero attached hydrogens (tertiary/aromatic N) is 1. The van der Waals surface area contributed by atoms with Crippen LogP contribution in [0.5, 0.6) is 0 Å². The summed E-state index contributed by atoms with van der Waals surface area (Å²) in [7, 11) is 0. The smallest absolute Gasteiger partial charge is 0.241 e. The molecule has 0 heterocycles. The number of carbonyl (C=O) groups is 2. The molecule has 2 amide bonds. The fraction of sp³-hybridized carbons (Fsp3) is 0.556. The van der Waals surface area contributed by atoms with E-state index < -0.39 is 6.04 Å². The largest absolute Gasteiger partial charge is 0.336 e. The summed E-state index contributed by atoms with van der Waals surface area (Å²) >= 11 is 0. The molecule has 0 aromatic heterocycles. The number of amides is 2. The highest BCUT2D eigenvalue weighted by atomic mass is 35.5. The summed E-state index contributed by atoms with van der Waals surface area (Å²) in [5.74, 6) is 0.266. The fourth-order valence-electron chi connectivity index (χ4n) is 2.40. The maximum absolute atomic E-state index is 12.0. The molecule has 5 nitrogen and oxygen atoms in total. The van der Waals surface area contributed by atoms with E-state index in [4.69, 9.17) is 5.73 Å². The number of rotatable bonds is 7. The lowest BCUT2D eigenvalue weighted by Gasteiger charge is -2.25. The predicted octanol–water partition coefficient (Wildman–Crippen LogP) is 3.18. The molecule has 0 unspecified atom stereocenters. The first-order valence-electron chi connectivity index (χ1n) is 8.13. The normalized spacial score (nSPS) is 11.8. The van der Waals surface area contributed by atoms with Crippen LogP contribution in [-0.4, -0.2) is 28.8 Å². The zero-order valence-corrected chi connectivity index (χ0v) is 16.0. The van der Waals surface area contributed by atoms with Crippen LogP contribution in [0.2, 0.25) is 0 Å². The Hall–Kier alpha value is -1.59. The molecule has 1 aromatic rings. The highest BCUT2D eigenvalue weighted by Crippen LogP contribution is 2.14. The molecule has 1 rings (SSSR count).